The molecular weight excluding hydrogens is 347 g/mol. The van der Waals surface area contributed by atoms with Gasteiger partial charge in [-0.25, -0.2) is 4.79 Å². The van der Waals surface area contributed by atoms with Gasteiger partial charge in [-0.15, -0.1) is 0 Å². The smallest absolute Gasteiger partial charge is 0.416 e. The van der Waals surface area contributed by atoms with Crippen LogP contribution in [0.4, 0.5) is 13.2 Å². The summed E-state index contributed by atoms with van der Waals surface area (Å²) >= 11 is 0. The molecule has 0 saturated carbocycles. The number of methoxy groups -OCH3 is 1. The summed E-state index contributed by atoms with van der Waals surface area (Å²) < 4.78 is 42.4. The second kappa shape index (κ2) is 8.51. The number of amides is 1. The largest absolute Gasteiger partial charge is 0.467 e. The van der Waals surface area contributed by atoms with E-state index in [-0.39, 0.29) is 12.8 Å². The molecular formula is C19H18F3NO3. The zero-order chi connectivity index (χ0) is 19.2. The van der Waals surface area contributed by atoms with E-state index in [1.54, 1.807) is 0 Å². The van der Waals surface area contributed by atoms with Crippen molar-refractivity contribution in [3.05, 3.63) is 71.3 Å². The van der Waals surface area contributed by atoms with Crippen LogP contribution in [-0.2, 0) is 33.3 Å². The summed E-state index contributed by atoms with van der Waals surface area (Å²) in [7, 11) is 1.22. The van der Waals surface area contributed by atoms with Crippen LogP contribution >= 0.6 is 0 Å². The average molecular weight is 365 g/mol. The van der Waals surface area contributed by atoms with Gasteiger partial charge < -0.3 is 10.1 Å². The number of carbonyl (C=O) groups is 2. The van der Waals surface area contributed by atoms with Crippen molar-refractivity contribution >= 4 is 11.9 Å². The zero-order valence-electron chi connectivity index (χ0n) is 14.0. The van der Waals surface area contributed by atoms with Crippen molar-refractivity contribution in [2.24, 2.45) is 0 Å². The molecule has 0 unspecified atom stereocenters. The van der Waals surface area contributed by atoms with E-state index in [2.05, 4.69) is 5.32 Å². The minimum Gasteiger partial charge on any atom is -0.467 e. The van der Waals surface area contributed by atoms with Crippen LogP contribution in [0.3, 0.4) is 0 Å². The van der Waals surface area contributed by atoms with Crippen molar-refractivity contribution in [2.75, 3.05) is 7.11 Å². The van der Waals surface area contributed by atoms with E-state index >= 15 is 0 Å². The van der Waals surface area contributed by atoms with Crippen LogP contribution in [-0.4, -0.2) is 25.0 Å². The van der Waals surface area contributed by atoms with Crippen molar-refractivity contribution in [3.63, 3.8) is 0 Å². The predicted molar refractivity (Wildman–Crippen MR) is 89.2 cm³/mol. The lowest BCUT2D eigenvalue weighted by molar-refractivity contribution is -0.145. The molecule has 1 N–H and O–H groups in total. The number of ether oxygens (including phenoxy) is 1. The molecule has 7 heteroatoms. The van der Waals surface area contributed by atoms with Gasteiger partial charge in [-0.1, -0.05) is 42.5 Å². The Morgan fingerprint density at radius 2 is 1.62 bits per heavy atom. The maximum Gasteiger partial charge on any atom is 0.416 e. The standard InChI is InChI=1S/C19H18F3NO3/c1-26-18(25)16(11-13-5-3-2-4-6-13)23-17(24)12-14-7-9-15(10-8-14)19(20,21)22/h2-10,16H,11-12H2,1H3,(H,23,24)/t16-/m1/s1. The SMILES string of the molecule is COC(=O)[C@@H](Cc1ccccc1)NC(=O)Cc1ccc(C(F)(F)F)cc1. The van der Waals surface area contributed by atoms with Crippen LogP contribution in [0.1, 0.15) is 16.7 Å². The van der Waals surface area contributed by atoms with E-state index in [1.165, 1.54) is 19.2 Å². The summed E-state index contributed by atoms with van der Waals surface area (Å²) in [4.78, 5) is 24.1. The lowest BCUT2D eigenvalue weighted by Gasteiger charge is -2.17. The molecule has 2 aromatic carbocycles. The third-order valence-corrected chi connectivity index (χ3v) is 3.75. The van der Waals surface area contributed by atoms with Gasteiger partial charge in [0.05, 0.1) is 19.1 Å². The Balaban J connectivity index is 2.01. The summed E-state index contributed by atoms with van der Waals surface area (Å²) in [5.41, 5.74) is 0.481. The molecule has 0 fully saturated rings. The molecule has 2 rings (SSSR count). The molecule has 0 bridgehead atoms. The van der Waals surface area contributed by atoms with Crippen LogP contribution in [0.2, 0.25) is 0 Å². The van der Waals surface area contributed by atoms with Crippen LogP contribution < -0.4 is 5.32 Å². The molecule has 0 saturated heterocycles. The summed E-state index contributed by atoms with van der Waals surface area (Å²) in [5.74, 6) is -1.06. The fraction of sp³-hybridized carbons (Fsp3) is 0.263. The predicted octanol–water partition coefficient (Wildman–Crippen LogP) is 3.15. The quantitative estimate of drug-likeness (QED) is 0.800. The Labute approximate surface area is 149 Å². The minimum absolute atomic E-state index is 0.138. The molecule has 0 aliphatic heterocycles. The highest BCUT2D eigenvalue weighted by molar-refractivity contribution is 5.85. The molecule has 0 radical (unpaired) electrons. The van der Waals surface area contributed by atoms with E-state index in [0.717, 1.165) is 17.7 Å². The van der Waals surface area contributed by atoms with Gasteiger partial charge in [0, 0.05) is 6.42 Å². The second-order valence-corrected chi connectivity index (χ2v) is 5.70. The molecule has 0 spiro atoms. The van der Waals surface area contributed by atoms with Crippen LogP contribution in [0.5, 0.6) is 0 Å². The van der Waals surface area contributed by atoms with E-state index in [1.807, 2.05) is 30.3 Å². The first kappa shape index (κ1) is 19.5. The highest BCUT2D eigenvalue weighted by atomic mass is 19.4. The number of esters is 1. The van der Waals surface area contributed by atoms with Gasteiger partial charge in [-0.2, -0.15) is 13.2 Å². The average Bonchev–Trinajstić information content (AvgIpc) is 2.61. The Bertz CT molecular complexity index is 743. The molecule has 0 heterocycles. The number of carbonyl (C=O) groups excluding carboxylic acids is 2. The second-order valence-electron chi connectivity index (χ2n) is 5.70. The van der Waals surface area contributed by atoms with Gasteiger partial charge in [0.2, 0.25) is 5.91 Å². The maximum absolute atomic E-state index is 12.6. The third-order valence-electron chi connectivity index (χ3n) is 3.75. The van der Waals surface area contributed by atoms with Crippen molar-refractivity contribution in [1.29, 1.82) is 0 Å². The molecule has 0 aliphatic rings. The van der Waals surface area contributed by atoms with Gasteiger partial charge in [-0.05, 0) is 23.3 Å². The molecule has 0 aromatic heterocycles. The van der Waals surface area contributed by atoms with E-state index in [9.17, 15) is 22.8 Å². The molecule has 26 heavy (non-hydrogen) atoms. The monoisotopic (exact) mass is 365 g/mol. The number of hydrogen-bond acceptors (Lipinski definition) is 3. The normalized spacial score (nSPS) is 12.3. The Hall–Kier alpha value is -2.83. The number of hydrogen-bond donors (Lipinski definition) is 1. The molecule has 4 nitrogen and oxygen atoms in total. The first-order valence-corrected chi connectivity index (χ1v) is 7.87. The molecule has 0 aliphatic carbocycles. The molecule has 138 valence electrons. The maximum atomic E-state index is 12.6. The molecule has 1 atom stereocenters. The number of benzene rings is 2. The summed E-state index contributed by atoms with van der Waals surface area (Å²) in [6.45, 7) is 0. The van der Waals surface area contributed by atoms with Gasteiger partial charge >= 0.3 is 12.1 Å². The Morgan fingerprint density at radius 1 is 1.00 bits per heavy atom. The summed E-state index contributed by atoms with van der Waals surface area (Å²) in [6.07, 6.45) is -4.31. The highest BCUT2D eigenvalue weighted by Crippen LogP contribution is 2.29. The van der Waals surface area contributed by atoms with E-state index in [4.69, 9.17) is 4.74 Å². The van der Waals surface area contributed by atoms with E-state index in [0.29, 0.717) is 5.56 Å². The first-order chi connectivity index (χ1) is 12.3. The number of rotatable bonds is 6. The van der Waals surface area contributed by atoms with Crippen molar-refractivity contribution in [3.8, 4) is 0 Å². The number of alkyl halides is 3. The van der Waals surface area contributed by atoms with Crippen molar-refractivity contribution < 1.29 is 27.5 Å². The lowest BCUT2D eigenvalue weighted by Crippen LogP contribution is -2.43. The Kier molecular flexibility index (Phi) is 6.38. The van der Waals surface area contributed by atoms with Crippen molar-refractivity contribution in [2.45, 2.75) is 25.1 Å². The topological polar surface area (TPSA) is 55.4 Å². The lowest BCUT2D eigenvalue weighted by atomic mass is 10.0. The third kappa shape index (κ3) is 5.61. The van der Waals surface area contributed by atoms with Crippen LogP contribution in [0, 0.1) is 0 Å². The van der Waals surface area contributed by atoms with Crippen LogP contribution in [0.15, 0.2) is 54.6 Å². The first-order valence-electron chi connectivity index (χ1n) is 7.87. The van der Waals surface area contributed by atoms with Gasteiger partial charge in [0.1, 0.15) is 6.04 Å². The number of halogens is 3. The van der Waals surface area contributed by atoms with Crippen LogP contribution in [0.25, 0.3) is 0 Å². The fourth-order valence-electron chi connectivity index (χ4n) is 2.43. The van der Waals surface area contributed by atoms with E-state index < -0.39 is 29.7 Å². The van der Waals surface area contributed by atoms with Crippen molar-refractivity contribution in [1.82, 2.24) is 5.32 Å². The Morgan fingerprint density at radius 3 is 2.15 bits per heavy atom. The van der Waals surface area contributed by atoms with Gasteiger partial charge in [-0.3, -0.25) is 4.79 Å². The number of nitrogens with one attached hydrogen (secondary N) is 1. The minimum atomic E-state index is -4.42. The summed E-state index contributed by atoms with van der Waals surface area (Å²) in [6, 6.07) is 12.6. The van der Waals surface area contributed by atoms with Gasteiger partial charge in [0.25, 0.3) is 0 Å². The highest BCUT2D eigenvalue weighted by Gasteiger charge is 2.30. The fourth-order valence-corrected chi connectivity index (χ4v) is 2.43. The molecule has 2 aromatic rings. The zero-order valence-corrected chi connectivity index (χ0v) is 14.0. The summed E-state index contributed by atoms with van der Waals surface area (Å²) in [5, 5.41) is 2.57. The van der Waals surface area contributed by atoms with Gasteiger partial charge in [0.15, 0.2) is 0 Å². The molecule has 1 amide bonds.